The van der Waals surface area contributed by atoms with Crippen LogP contribution in [0.25, 0.3) is 11.3 Å². The third kappa shape index (κ3) is 4.38. The van der Waals surface area contributed by atoms with E-state index in [4.69, 9.17) is 0 Å². The number of nitrogens with one attached hydrogen (secondary N) is 1. The van der Waals surface area contributed by atoms with E-state index in [1.807, 2.05) is 18.2 Å². The molecular weight excluding hydrogens is 343 g/mol. The van der Waals surface area contributed by atoms with E-state index in [1.54, 1.807) is 0 Å². The smallest absolute Gasteiger partial charge is 0.223 e. The largest absolute Gasteiger partial charge is 0.393 e. The van der Waals surface area contributed by atoms with Gasteiger partial charge in [-0.15, -0.1) is 0 Å². The highest BCUT2D eigenvalue weighted by Gasteiger charge is 2.21. The van der Waals surface area contributed by atoms with Gasteiger partial charge >= 0.3 is 0 Å². The summed E-state index contributed by atoms with van der Waals surface area (Å²) >= 11 is 0. The lowest BCUT2D eigenvalue weighted by Crippen LogP contribution is -2.29. The maximum absolute atomic E-state index is 14.5. The molecule has 0 spiro atoms. The maximum Gasteiger partial charge on any atom is 0.223 e. The van der Waals surface area contributed by atoms with Crippen molar-refractivity contribution in [2.75, 3.05) is 23.3 Å². The van der Waals surface area contributed by atoms with Crippen molar-refractivity contribution in [3.8, 4) is 11.3 Å². The van der Waals surface area contributed by atoms with Crippen molar-refractivity contribution in [3.63, 3.8) is 0 Å². The minimum Gasteiger partial charge on any atom is -0.393 e. The zero-order valence-corrected chi connectivity index (χ0v) is 15.6. The molecule has 5 nitrogen and oxygen atoms in total. The monoisotopic (exact) mass is 370 g/mol. The van der Waals surface area contributed by atoms with E-state index in [2.05, 4.69) is 26.3 Å². The van der Waals surface area contributed by atoms with Crippen LogP contribution in [0, 0.1) is 5.82 Å². The van der Waals surface area contributed by atoms with E-state index in [1.165, 1.54) is 25.5 Å². The second kappa shape index (κ2) is 8.21. The molecular formula is C21H27FN4O. The second-order valence-electron chi connectivity index (χ2n) is 7.64. The van der Waals surface area contributed by atoms with Crippen LogP contribution in [0.2, 0.25) is 0 Å². The molecule has 1 aliphatic carbocycles. The van der Waals surface area contributed by atoms with Crippen LogP contribution >= 0.6 is 0 Å². The number of rotatable bonds is 4. The van der Waals surface area contributed by atoms with Crippen LogP contribution in [0.4, 0.5) is 16.0 Å². The minimum absolute atomic E-state index is 0.203. The Morgan fingerprint density at radius 3 is 2.63 bits per heavy atom. The molecule has 0 amide bonds. The summed E-state index contributed by atoms with van der Waals surface area (Å²) in [6.07, 6.45) is 8.05. The highest BCUT2D eigenvalue weighted by Crippen LogP contribution is 2.28. The van der Waals surface area contributed by atoms with E-state index < -0.39 is 5.82 Å². The molecule has 2 N–H and O–H groups in total. The third-order valence-electron chi connectivity index (χ3n) is 5.61. The molecule has 27 heavy (non-hydrogen) atoms. The highest BCUT2D eigenvalue weighted by atomic mass is 19.1. The number of aromatic nitrogens is 2. The Morgan fingerprint density at radius 2 is 1.85 bits per heavy atom. The molecule has 144 valence electrons. The Morgan fingerprint density at radius 1 is 1.07 bits per heavy atom. The molecule has 0 radical (unpaired) electrons. The zero-order chi connectivity index (χ0) is 18.6. The molecule has 2 heterocycles. The fourth-order valence-corrected chi connectivity index (χ4v) is 4.04. The first-order chi connectivity index (χ1) is 13.2. The van der Waals surface area contributed by atoms with Gasteiger partial charge in [-0.1, -0.05) is 12.1 Å². The van der Waals surface area contributed by atoms with Crippen LogP contribution < -0.4 is 10.2 Å². The summed E-state index contributed by atoms with van der Waals surface area (Å²) in [5.41, 5.74) is 2.24. The van der Waals surface area contributed by atoms with Gasteiger partial charge in [0.25, 0.3) is 0 Å². The summed E-state index contributed by atoms with van der Waals surface area (Å²) in [5, 5.41) is 12.9. The van der Waals surface area contributed by atoms with Gasteiger partial charge in [-0.3, -0.25) is 0 Å². The molecule has 2 aromatic rings. The summed E-state index contributed by atoms with van der Waals surface area (Å²) in [7, 11) is 0. The Labute approximate surface area is 159 Å². The zero-order valence-electron chi connectivity index (χ0n) is 15.6. The predicted molar refractivity (Wildman–Crippen MR) is 105 cm³/mol. The Bertz CT molecular complexity index is 771. The van der Waals surface area contributed by atoms with Gasteiger partial charge < -0.3 is 15.3 Å². The average molecular weight is 370 g/mol. The number of hydrogen-bond donors (Lipinski definition) is 2. The van der Waals surface area contributed by atoms with E-state index >= 15 is 0 Å². The average Bonchev–Trinajstić information content (AvgIpc) is 2.72. The van der Waals surface area contributed by atoms with Gasteiger partial charge in [-0.05, 0) is 57.1 Å². The summed E-state index contributed by atoms with van der Waals surface area (Å²) in [6, 6.07) is 8.21. The quantitative estimate of drug-likeness (QED) is 0.852. The first kappa shape index (κ1) is 18.2. The molecule has 0 atom stereocenters. The van der Waals surface area contributed by atoms with Crippen LogP contribution in [-0.4, -0.2) is 40.3 Å². The second-order valence-corrected chi connectivity index (χ2v) is 7.64. The van der Waals surface area contributed by atoms with Crippen molar-refractivity contribution in [1.82, 2.24) is 9.97 Å². The number of piperidine rings is 1. The van der Waals surface area contributed by atoms with E-state index in [9.17, 15) is 9.50 Å². The lowest BCUT2D eigenvalue weighted by Gasteiger charge is -2.29. The van der Waals surface area contributed by atoms with Crippen molar-refractivity contribution in [2.24, 2.45) is 0 Å². The number of aliphatic hydroxyl groups is 1. The summed E-state index contributed by atoms with van der Waals surface area (Å²) < 4.78 is 14.5. The molecule has 1 aromatic carbocycles. The molecule has 2 aliphatic rings. The first-order valence-electron chi connectivity index (χ1n) is 10.0. The third-order valence-corrected chi connectivity index (χ3v) is 5.61. The van der Waals surface area contributed by atoms with Crippen molar-refractivity contribution in [1.29, 1.82) is 0 Å². The van der Waals surface area contributed by atoms with Crippen LogP contribution in [-0.2, 0) is 0 Å². The van der Waals surface area contributed by atoms with Crippen molar-refractivity contribution in [2.45, 2.75) is 57.1 Å². The molecule has 1 aromatic heterocycles. The first-order valence-corrected chi connectivity index (χ1v) is 10.0. The van der Waals surface area contributed by atoms with E-state index in [0.29, 0.717) is 11.6 Å². The van der Waals surface area contributed by atoms with Crippen molar-refractivity contribution in [3.05, 3.63) is 36.3 Å². The highest BCUT2D eigenvalue weighted by molar-refractivity contribution is 5.67. The minimum atomic E-state index is -0.407. The van der Waals surface area contributed by atoms with E-state index in [0.717, 1.165) is 50.0 Å². The van der Waals surface area contributed by atoms with E-state index in [-0.39, 0.29) is 12.1 Å². The van der Waals surface area contributed by atoms with Gasteiger partial charge in [0.15, 0.2) is 5.82 Å². The Kier molecular flexibility index (Phi) is 5.53. The van der Waals surface area contributed by atoms with Gasteiger partial charge in [0.05, 0.1) is 12.3 Å². The number of benzene rings is 1. The standard InChI is InChI=1S/C21H27FN4O/c22-19-14-23-21(24-16-7-9-18(27)10-8-16)25-20(19)15-5-4-6-17(13-15)26-11-2-1-3-12-26/h4-6,13-14,16,18,27H,1-3,7-12H2,(H,23,24,25). The summed E-state index contributed by atoms with van der Waals surface area (Å²) in [4.78, 5) is 10.9. The predicted octanol–water partition coefficient (Wildman–Crippen LogP) is 3.99. The van der Waals surface area contributed by atoms with Gasteiger partial charge in [-0.2, -0.15) is 0 Å². The normalized spacial score (nSPS) is 23.3. The molecule has 6 heteroatoms. The number of nitrogens with zero attached hydrogens (tertiary/aromatic N) is 3. The lowest BCUT2D eigenvalue weighted by atomic mass is 9.93. The summed E-state index contributed by atoms with van der Waals surface area (Å²) in [5.74, 6) is 0.0478. The molecule has 1 aliphatic heterocycles. The number of halogens is 1. The fraction of sp³-hybridized carbons (Fsp3) is 0.524. The van der Waals surface area contributed by atoms with Crippen molar-refractivity contribution >= 4 is 11.6 Å². The van der Waals surface area contributed by atoms with Gasteiger partial charge in [0.2, 0.25) is 5.95 Å². The molecule has 4 rings (SSSR count). The van der Waals surface area contributed by atoms with Gasteiger partial charge in [-0.25, -0.2) is 14.4 Å². The number of anilines is 2. The Hall–Kier alpha value is -2.21. The molecule has 0 bridgehead atoms. The molecule has 1 saturated carbocycles. The van der Waals surface area contributed by atoms with Crippen LogP contribution in [0.5, 0.6) is 0 Å². The van der Waals surface area contributed by atoms with Crippen LogP contribution in [0.3, 0.4) is 0 Å². The molecule has 2 fully saturated rings. The fourth-order valence-electron chi connectivity index (χ4n) is 4.04. The van der Waals surface area contributed by atoms with Gasteiger partial charge in [0.1, 0.15) is 5.69 Å². The van der Waals surface area contributed by atoms with Crippen LogP contribution in [0.1, 0.15) is 44.9 Å². The molecule has 0 unspecified atom stereocenters. The number of hydrogen-bond acceptors (Lipinski definition) is 5. The SMILES string of the molecule is OC1CCC(Nc2ncc(F)c(-c3cccc(N4CCCCC4)c3)n2)CC1. The topological polar surface area (TPSA) is 61.3 Å². The van der Waals surface area contributed by atoms with Crippen LogP contribution in [0.15, 0.2) is 30.5 Å². The lowest BCUT2D eigenvalue weighted by molar-refractivity contribution is 0.126. The molecule has 1 saturated heterocycles. The maximum atomic E-state index is 14.5. The summed E-state index contributed by atoms with van der Waals surface area (Å²) in [6.45, 7) is 2.10. The van der Waals surface area contributed by atoms with Gasteiger partial charge in [0, 0.05) is 30.4 Å². The van der Waals surface area contributed by atoms with Crippen molar-refractivity contribution < 1.29 is 9.50 Å². The Balaban J connectivity index is 1.54. The number of aliphatic hydroxyl groups excluding tert-OH is 1.